The molecule has 0 radical (unpaired) electrons. The average Bonchev–Trinajstić information content (AvgIpc) is 2.97. The number of nitriles is 1. The molecule has 2 aliphatic rings. The number of fused-ring (bicyclic) bond motifs is 1. The Morgan fingerprint density at radius 3 is 3.05 bits per heavy atom. The summed E-state index contributed by atoms with van der Waals surface area (Å²) in [5.74, 6) is 1.43. The van der Waals surface area contributed by atoms with E-state index in [1.54, 1.807) is 24.1 Å². The number of hydrogen-bond acceptors (Lipinski definition) is 3. The van der Waals surface area contributed by atoms with Crippen molar-refractivity contribution in [1.29, 1.82) is 5.26 Å². The van der Waals surface area contributed by atoms with Crippen LogP contribution in [-0.4, -0.2) is 35.8 Å². The standard InChI is InChI=1S/C16H18BClN2O2/c1-20-8-10-4-5-11(18)7-12(10)14(16(20)22)15(21)13-3-2-6-17(13)9-19/h4-5,7,13-15,21H,2-3,6,8H2,1H3. The Hall–Kier alpha value is -1.51. The van der Waals surface area contributed by atoms with Gasteiger partial charge in [-0.3, -0.25) is 4.79 Å². The van der Waals surface area contributed by atoms with Crippen molar-refractivity contribution in [3.8, 4) is 5.97 Å². The molecule has 1 saturated heterocycles. The van der Waals surface area contributed by atoms with Gasteiger partial charge in [0.1, 0.15) is 0 Å². The van der Waals surface area contributed by atoms with Gasteiger partial charge in [-0.1, -0.05) is 36.8 Å². The molecule has 0 saturated carbocycles. The van der Waals surface area contributed by atoms with Crippen LogP contribution in [0.25, 0.3) is 0 Å². The van der Waals surface area contributed by atoms with Crippen molar-refractivity contribution in [3.63, 3.8) is 0 Å². The summed E-state index contributed by atoms with van der Waals surface area (Å²) in [6, 6.07) is 5.50. The van der Waals surface area contributed by atoms with Crippen LogP contribution in [0.1, 0.15) is 29.9 Å². The molecule has 0 bridgehead atoms. The van der Waals surface area contributed by atoms with E-state index < -0.39 is 12.0 Å². The van der Waals surface area contributed by atoms with E-state index in [1.165, 1.54) is 0 Å². The van der Waals surface area contributed by atoms with Crippen molar-refractivity contribution in [2.24, 2.45) is 0 Å². The zero-order chi connectivity index (χ0) is 15.9. The molecule has 0 aromatic heterocycles. The van der Waals surface area contributed by atoms with Crippen LogP contribution in [0.3, 0.4) is 0 Å². The normalized spacial score (nSPS) is 25.8. The highest BCUT2D eigenvalue weighted by Gasteiger charge is 2.45. The van der Waals surface area contributed by atoms with Crippen LogP contribution in [0.2, 0.25) is 17.2 Å². The second-order valence-corrected chi connectivity index (χ2v) is 6.77. The minimum atomic E-state index is -0.834. The lowest BCUT2D eigenvalue weighted by Gasteiger charge is -2.36. The van der Waals surface area contributed by atoms with Crippen molar-refractivity contribution in [1.82, 2.24) is 4.90 Å². The molecule has 2 aliphatic heterocycles. The van der Waals surface area contributed by atoms with Gasteiger partial charge in [0.25, 0.3) is 6.71 Å². The first kappa shape index (κ1) is 15.4. The molecule has 22 heavy (non-hydrogen) atoms. The lowest BCUT2D eigenvalue weighted by atomic mass is 9.42. The van der Waals surface area contributed by atoms with Gasteiger partial charge in [-0.05, 0) is 29.1 Å². The van der Waals surface area contributed by atoms with Gasteiger partial charge in [0.05, 0.1) is 12.0 Å². The van der Waals surface area contributed by atoms with Crippen molar-refractivity contribution < 1.29 is 9.90 Å². The number of hydrogen-bond donors (Lipinski definition) is 1. The van der Waals surface area contributed by atoms with E-state index >= 15 is 0 Å². The Bertz CT molecular complexity index is 646. The number of aliphatic hydroxyl groups excluding tert-OH is 1. The molecule has 1 fully saturated rings. The minimum Gasteiger partial charge on any atom is -0.392 e. The molecular formula is C16H18BClN2O2. The predicted octanol–water partition coefficient (Wildman–Crippen LogP) is 2.48. The third-order valence-corrected chi connectivity index (χ3v) is 5.24. The van der Waals surface area contributed by atoms with E-state index in [1.807, 2.05) is 6.07 Å². The van der Waals surface area contributed by atoms with E-state index in [4.69, 9.17) is 11.6 Å². The highest BCUT2D eigenvalue weighted by molar-refractivity contribution is 6.69. The first-order valence-electron chi connectivity index (χ1n) is 7.64. The lowest BCUT2D eigenvalue weighted by molar-refractivity contribution is -0.135. The van der Waals surface area contributed by atoms with Crippen LogP contribution in [0.5, 0.6) is 0 Å². The number of benzene rings is 1. The van der Waals surface area contributed by atoms with E-state index in [9.17, 15) is 15.2 Å². The van der Waals surface area contributed by atoms with Gasteiger partial charge in [-0.25, -0.2) is 5.26 Å². The van der Waals surface area contributed by atoms with Crippen molar-refractivity contribution in [2.75, 3.05) is 7.05 Å². The molecule has 114 valence electrons. The van der Waals surface area contributed by atoms with Crippen LogP contribution in [-0.2, 0) is 11.3 Å². The molecule has 1 aromatic carbocycles. The van der Waals surface area contributed by atoms with Crippen LogP contribution in [0.4, 0.5) is 0 Å². The average molecular weight is 317 g/mol. The molecule has 1 N–H and O–H groups in total. The van der Waals surface area contributed by atoms with Crippen LogP contribution < -0.4 is 0 Å². The maximum absolute atomic E-state index is 12.6. The molecule has 4 nitrogen and oxygen atoms in total. The number of rotatable bonds is 2. The topological polar surface area (TPSA) is 64.3 Å². The number of carbonyl (C=O) groups excluding carboxylic acids is 1. The maximum atomic E-state index is 12.6. The second-order valence-electron chi connectivity index (χ2n) is 6.34. The molecule has 0 aliphatic carbocycles. The summed E-state index contributed by atoms with van der Waals surface area (Å²) in [5.41, 5.74) is 1.83. The van der Waals surface area contributed by atoms with Crippen molar-refractivity contribution in [2.45, 2.75) is 43.5 Å². The zero-order valence-electron chi connectivity index (χ0n) is 12.5. The fraction of sp³-hybridized carbons (Fsp3) is 0.500. The summed E-state index contributed by atoms with van der Waals surface area (Å²) in [6.45, 7) is 0.360. The van der Waals surface area contributed by atoms with Crippen LogP contribution in [0.15, 0.2) is 18.2 Å². The third kappa shape index (κ3) is 2.51. The number of likely N-dealkylation sites (N-methyl/N-ethyl adjacent to an activating group) is 1. The zero-order valence-corrected chi connectivity index (χ0v) is 13.3. The van der Waals surface area contributed by atoms with E-state index in [2.05, 4.69) is 5.97 Å². The first-order valence-corrected chi connectivity index (χ1v) is 8.01. The fourth-order valence-corrected chi connectivity index (χ4v) is 4.02. The highest BCUT2D eigenvalue weighted by Crippen LogP contribution is 2.42. The first-order chi connectivity index (χ1) is 10.5. The maximum Gasteiger partial charge on any atom is 0.273 e. The molecule has 3 unspecified atom stereocenters. The smallest absolute Gasteiger partial charge is 0.273 e. The van der Waals surface area contributed by atoms with Gasteiger partial charge in [0.2, 0.25) is 5.91 Å². The Kier molecular flexibility index (Phi) is 4.16. The summed E-state index contributed by atoms with van der Waals surface area (Å²) in [5, 5.41) is 20.7. The number of halogens is 1. The quantitative estimate of drug-likeness (QED) is 0.853. The summed E-state index contributed by atoms with van der Waals surface area (Å²) < 4.78 is 0. The van der Waals surface area contributed by atoms with Gasteiger partial charge in [0.15, 0.2) is 0 Å². The van der Waals surface area contributed by atoms with E-state index in [-0.39, 0.29) is 18.4 Å². The van der Waals surface area contributed by atoms with Gasteiger partial charge in [-0.2, -0.15) is 0 Å². The lowest BCUT2D eigenvalue weighted by Crippen LogP contribution is -2.44. The highest BCUT2D eigenvalue weighted by atomic mass is 35.5. The Labute approximate surface area is 135 Å². The SMILES string of the molecule is CN1Cc2ccc(Cl)cc2C(C(O)C2CCCB2C#N)C1=O. The number of aliphatic hydroxyl groups is 1. The Balaban J connectivity index is 2.00. The summed E-state index contributed by atoms with van der Waals surface area (Å²) in [7, 11) is 1.75. The molecule has 1 aromatic rings. The van der Waals surface area contributed by atoms with Gasteiger partial charge in [0, 0.05) is 24.6 Å². The van der Waals surface area contributed by atoms with Crippen molar-refractivity contribution >= 4 is 24.2 Å². The van der Waals surface area contributed by atoms with Crippen molar-refractivity contribution in [3.05, 3.63) is 34.3 Å². The van der Waals surface area contributed by atoms with Gasteiger partial charge >= 0.3 is 0 Å². The van der Waals surface area contributed by atoms with Crippen LogP contribution >= 0.6 is 11.6 Å². The molecule has 2 heterocycles. The number of nitrogens with zero attached hydrogens (tertiary/aromatic N) is 2. The molecule has 1 amide bonds. The Morgan fingerprint density at radius 2 is 2.32 bits per heavy atom. The van der Waals surface area contributed by atoms with Crippen LogP contribution in [0, 0.1) is 11.2 Å². The molecular weight excluding hydrogens is 298 g/mol. The summed E-state index contributed by atoms with van der Waals surface area (Å²) >= 11 is 6.09. The fourth-order valence-electron chi connectivity index (χ4n) is 3.84. The molecule has 3 atom stereocenters. The molecule has 6 heteroatoms. The summed E-state index contributed by atoms with van der Waals surface area (Å²) in [4.78, 5) is 14.3. The largest absolute Gasteiger partial charge is 0.392 e. The molecule has 3 rings (SSSR count). The summed E-state index contributed by atoms with van der Waals surface area (Å²) in [6.07, 6.45) is 1.69. The second kappa shape index (κ2) is 5.94. The minimum absolute atomic E-state index is 0.0918. The Morgan fingerprint density at radius 1 is 1.55 bits per heavy atom. The predicted molar refractivity (Wildman–Crippen MR) is 85.8 cm³/mol. The van der Waals surface area contributed by atoms with Gasteiger partial charge < -0.3 is 10.0 Å². The number of amides is 1. The van der Waals surface area contributed by atoms with Gasteiger partial charge in [-0.15, -0.1) is 0 Å². The third-order valence-electron chi connectivity index (χ3n) is 5.01. The molecule has 0 spiro atoms. The van der Waals surface area contributed by atoms with E-state index in [0.717, 1.165) is 30.3 Å². The van der Waals surface area contributed by atoms with E-state index in [0.29, 0.717) is 11.6 Å². The number of carbonyl (C=O) groups is 1. The monoisotopic (exact) mass is 316 g/mol.